The molecule has 0 heterocycles. The third kappa shape index (κ3) is 3.32. The van der Waals surface area contributed by atoms with E-state index in [0.717, 1.165) is 12.3 Å². The van der Waals surface area contributed by atoms with Crippen LogP contribution in [0.15, 0.2) is 0 Å². The summed E-state index contributed by atoms with van der Waals surface area (Å²) in [7, 11) is 0. The van der Waals surface area contributed by atoms with Crippen LogP contribution in [0.4, 0.5) is 0 Å². The molecule has 1 unspecified atom stereocenters. The van der Waals surface area contributed by atoms with E-state index in [-0.39, 0.29) is 11.8 Å². The normalized spacial score (nSPS) is 29.6. The van der Waals surface area contributed by atoms with Gasteiger partial charge in [-0.3, -0.25) is 4.79 Å². The highest BCUT2D eigenvalue weighted by atomic mass is 16.1. The number of carbonyl (C=O) groups excluding carboxylic acids is 1. The predicted molar refractivity (Wildman–Crippen MR) is 59.0 cm³/mol. The van der Waals surface area contributed by atoms with E-state index in [9.17, 15) is 4.79 Å². The molecule has 0 spiro atoms. The summed E-state index contributed by atoms with van der Waals surface area (Å²) in [5.74, 6) is 1.27. The molecule has 0 aliphatic heterocycles. The van der Waals surface area contributed by atoms with Crippen LogP contribution in [0, 0.1) is 11.8 Å². The molecule has 0 bridgehead atoms. The van der Waals surface area contributed by atoms with Gasteiger partial charge in [0.25, 0.3) is 0 Å². The molecule has 1 aliphatic rings. The Bertz CT molecular complexity index is 183. The highest BCUT2D eigenvalue weighted by Crippen LogP contribution is 2.23. The SMILES string of the molecule is CCC(C)C(=O)NC1CCC(C)CC1. The summed E-state index contributed by atoms with van der Waals surface area (Å²) in [5, 5.41) is 3.15. The topological polar surface area (TPSA) is 29.1 Å². The van der Waals surface area contributed by atoms with Crippen molar-refractivity contribution in [2.45, 2.75) is 58.9 Å². The molecule has 1 fully saturated rings. The lowest BCUT2D eigenvalue weighted by atomic mass is 9.87. The molecular weight excluding hydrogens is 174 g/mol. The molecule has 0 aromatic carbocycles. The minimum absolute atomic E-state index is 0.175. The van der Waals surface area contributed by atoms with Crippen molar-refractivity contribution in [2.24, 2.45) is 11.8 Å². The number of rotatable bonds is 3. The Morgan fingerprint density at radius 3 is 2.43 bits per heavy atom. The Labute approximate surface area is 87.5 Å². The van der Waals surface area contributed by atoms with E-state index in [2.05, 4.69) is 19.2 Å². The fraction of sp³-hybridized carbons (Fsp3) is 0.917. The molecule has 14 heavy (non-hydrogen) atoms. The standard InChI is InChI=1S/C12H23NO/c1-4-10(3)12(14)13-11-7-5-9(2)6-8-11/h9-11H,4-8H2,1-3H3,(H,13,14). The van der Waals surface area contributed by atoms with Gasteiger partial charge in [0, 0.05) is 12.0 Å². The average Bonchev–Trinajstić information content (AvgIpc) is 2.20. The van der Waals surface area contributed by atoms with Crippen LogP contribution in [-0.2, 0) is 4.79 Å². The third-order valence-electron chi connectivity index (χ3n) is 3.42. The summed E-state index contributed by atoms with van der Waals surface area (Å²) in [6, 6.07) is 0.452. The maximum absolute atomic E-state index is 11.6. The maximum Gasteiger partial charge on any atom is 0.223 e. The first-order valence-corrected chi connectivity index (χ1v) is 5.93. The fourth-order valence-corrected chi connectivity index (χ4v) is 1.93. The summed E-state index contributed by atoms with van der Waals surface area (Å²) in [4.78, 5) is 11.6. The van der Waals surface area contributed by atoms with E-state index < -0.39 is 0 Å². The lowest BCUT2D eigenvalue weighted by Gasteiger charge is -2.27. The summed E-state index contributed by atoms with van der Waals surface area (Å²) >= 11 is 0. The molecule has 1 rings (SSSR count). The second-order valence-corrected chi connectivity index (χ2v) is 4.77. The van der Waals surface area contributed by atoms with Crippen molar-refractivity contribution in [2.75, 3.05) is 0 Å². The molecule has 0 aromatic rings. The molecule has 1 atom stereocenters. The van der Waals surface area contributed by atoms with Gasteiger partial charge in [-0.25, -0.2) is 0 Å². The number of carbonyl (C=O) groups is 1. The minimum Gasteiger partial charge on any atom is -0.353 e. The average molecular weight is 197 g/mol. The first-order chi connectivity index (χ1) is 6.63. The molecular formula is C12H23NO. The number of nitrogens with one attached hydrogen (secondary N) is 1. The van der Waals surface area contributed by atoms with Crippen molar-refractivity contribution in [1.29, 1.82) is 0 Å². The summed E-state index contributed by atoms with van der Waals surface area (Å²) in [6.07, 6.45) is 5.82. The minimum atomic E-state index is 0.175. The Balaban J connectivity index is 2.27. The van der Waals surface area contributed by atoms with Crippen molar-refractivity contribution in [3.05, 3.63) is 0 Å². The van der Waals surface area contributed by atoms with Crippen molar-refractivity contribution in [3.63, 3.8) is 0 Å². The van der Waals surface area contributed by atoms with Crippen molar-refractivity contribution in [1.82, 2.24) is 5.32 Å². The van der Waals surface area contributed by atoms with Gasteiger partial charge in [-0.1, -0.05) is 20.8 Å². The quantitative estimate of drug-likeness (QED) is 0.740. The largest absolute Gasteiger partial charge is 0.353 e. The molecule has 0 aromatic heterocycles. The second kappa shape index (κ2) is 5.38. The van der Waals surface area contributed by atoms with Crippen molar-refractivity contribution < 1.29 is 4.79 Å². The van der Waals surface area contributed by atoms with Gasteiger partial charge in [-0.15, -0.1) is 0 Å². The lowest BCUT2D eigenvalue weighted by molar-refractivity contribution is -0.125. The second-order valence-electron chi connectivity index (χ2n) is 4.77. The van der Waals surface area contributed by atoms with Gasteiger partial charge < -0.3 is 5.32 Å². The van der Waals surface area contributed by atoms with Gasteiger partial charge in [-0.05, 0) is 38.0 Å². The zero-order chi connectivity index (χ0) is 10.6. The predicted octanol–water partition coefficient (Wildman–Crippen LogP) is 2.73. The van der Waals surface area contributed by atoms with Gasteiger partial charge in [0.1, 0.15) is 0 Å². The van der Waals surface area contributed by atoms with E-state index in [1.54, 1.807) is 0 Å². The van der Waals surface area contributed by atoms with Gasteiger partial charge in [-0.2, -0.15) is 0 Å². The third-order valence-corrected chi connectivity index (χ3v) is 3.42. The van der Waals surface area contributed by atoms with Crippen LogP contribution < -0.4 is 5.32 Å². The van der Waals surface area contributed by atoms with Gasteiger partial charge >= 0.3 is 0 Å². The maximum atomic E-state index is 11.6. The van der Waals surface area contributed by atoms with Crippen LogP contribution in [-0.4, -0.2) is 11.9 Å². The molecule has 82 valence electrons. The van der Waals surface area contributed by atoms with Crippen LogP contribution in [0.3, 0.4) is 0 Å². The molecule has 0 radical (unpaired) electrons. The summed E-state index contributed by atoms with van der Waals surface area (Å²) in [5.41, 5.74) is 0. The lowest BCUT2D eigenvalue weighted by Crippen LogP contribution is -2.39. The van der Waals surface area contributed by atoms with Crippen molar-refractivity contribution >= 4 is 5.91 Å². The van der Waals surface area contributed by atoms with Crippen LogP contribution in [0.5, 0.6) is 0 Å². The number of hydrogen-bond donors (Lipinski definition) is 1. The van der Waals surface area contributed by atoms with Crippen LogP contribution in [0.2, 0.25) is 0 Å². The van der Waals surface area contributed by atoms with Crippen LogP contribution in [0.1, 0.15) is 52.9 Å². The molecule has 1 N–H and O–H groups in total. The monoisotopic (exact) mass is 197 g/mol. The van der Waals surface area contributed by atoms with E-state index in [0.29, 0.717) is 6.04 Å². The summed E-state index contributed by atoms with van der Waals surface area (Å²) in [6.45, 7) is 6.36. The Morgan fingerprint density at radius 1 is 1.36 bits per heavy atom. The molecule has 2 heteroatoms. The Hall–Kier alpha value is -0.530. The Morgan fingerprint density at radius 2 is 1.93 bits per heavy atom. The first kappa shape index (κ1) is 11.5. The highest BCUT2D eigenvalue weighted by molar-refractivity contribution is 5.78. The summed E-state index contributed by atoms with van der Waals surface area (Å²) < 4.78 is 0. The number of amides is 1. The highest BCUT2D eigenvalue weighted by Gasteiger charge is 2.21. The first-order valence-electron chi connectivity index (χ1n) is 5.93. The van der Waals surface area contributed by atoms with Gasteiger partial charge in [0.05, 0.1) is 0 Å². The Kier molecular flexibility index (Phi) is 4.43. The fourth-order valence-electron chi connectivity index (χ4n) is 1.93. The smallest absolute Gasteiger partial charge is 0.223 e. The number of hydrogen-bond acceptors (Lipinski definition) is 1. The van der Waals surface area contributed by atoms with E-state index in [1.165, 1.54) is 25.7 Å². The molecule has 2 nitrogen and oxygen atoms in total. The van der Waals surface area contributed by atoms with Crippen molar-refractivity contribution in [3.8, 4) is 0 Å². The van der Waals surface area contributed by atoms with Gasteiger partial charge in [0.15, 0.2) is 0 Å². The van der Waals surface area contributed by atoms with E-state index in [1.807, 2.05) is 6.92 Å². The zero-order valence-electron chi connectivity index (χ0n) is 9.68. The van der Waals surface area contributed by atoms with E-state index in [4.69, 9.17) is 0 Å². The van der Waals surface area contributed by atoms with Crippen LogP contribution in [0.25, 0.3) is 0 Å². The molecule has 1 aliphatic carbocycles. The molecule has 1 amide bonds. The van der Waals surface area contributed by atoms with Gasteiger partial charge in [0.2, 0.25) is 5.91 Å². The molecule has 0 saturated heterocycles. The van der Waals surface area contributed by atoms with E-state index >= 15 is 0 Å². The molecule has 1 saturated carbocycles. The van der Waals surface area contributed by atoms with Crippen LogP contribution >= 0.6 is 0 Å². The zero-order valence-corrected chi connectivity index (χ0v) is 9.68.